The summed E-state index contributed by atoms with van der Waals surface area (Å²) in [6, 6.07) is 11.8. The molecule has 0 unspecified atom stereocenters. The van der Waals surface area contributed by atoms with Crippen LogP contribution in [0.1, 0.15) is 20.7 Å². The van der Waals surface area contributed by atoms with Crippen LogP contribution in [0, 0.1) is 5.82 Å². The Morgan fingerprint density at radius 2 is 1.65 bits per heavy atom. The summed E-state index contributed by atoms with van der Waals surface area (Å²) < 4.78 is 12.8. The van der Waals surface area contributed by atoms with Crippen LogP contribution < -0.4 is 16.0 Å². The van der Waals surface area contributed by atoms with E-state index in [-0.39, 0.29) is 16.6 Å². The van der Waals surface area contributed by atoms with E-state index in [4.69, 9.17) is 12.2 Å². The van der Waals surface area contributed by atoms with Crippen molar-refractivity contribution in [3.63, 3.8) is 0 Å². The van der Waals surface area contributed by atoms with Crippen molar-refractivity contribution in [2.24, 2.45) is 0 Å². The van der Waals surface area contributed by atoms with Gasteiger partial charge in [0.25, 0.3) is 11.8 Å². The second-order valence-electron chi connectivity index (χ2n) is 4.54. The Kier molecular flexibility index (Phi) is 5.37. The van der Waals surface area contributed by atoms with Gasteiger partial charge in [-0.3, -0.25) is 14.9 Å². The third-order valence-corrected chi connectivity index (χ3v) is 3.18. The van der Waals surface area contributed by atoms with E-state index in [0.29, 0.717) is 11.3 Å². The Morgan fingerprint density at radius 1 is 1.00 bits per heavy atom. The summed E-state index contributed by atoms with van der Waals surface area (Å²) in [4.78, 5) is 23.8. The van der Waals surface area contributed by atoms with Gasteiger partial charge in [-0.2, -0.15) is 0 Å². The van der Waals surface area contributed by atoms with Gasteiger partial charge in [0.15, 0.2) is 5.11 Å². The third kappa shape index (κ3) is 4.33. The smallest absolute Gasteiger partial charge is 0.257 e. The van der Waals surface area contributed by atoms with Gasteiger partial charge >= 0.3 is 0 Å². The van der Waals surface area contributed by atoms with Gasteiger partial charge in [-0.25, -0.2) is 4.39 Å². The Bertz CT molecular complexity index is 747. The Labute approximate surface area is 137 Å². The van der Waals surface area contributed by atoms with Gasteiger partial charge in [-0.1, -0.05) is 12.1 Å². The molecule has 0 aromatic heterocycles. The van der Waals surface area contributed by atoms with Gasteiger partial charge in [0, 0.05) is 12.6 Å². The van der Waals surface area contributed by atoms with Gasteiger partial charge in [0.05, 0.1) is 11.3 Å². The first kappa shape index (κ1) is 16.6. The monoisotopic (exact) mass is 331 g/mol. The number of rotatable bonds is 3. The van der Waals surface area contributed by atoms with Crippen molar-refractivity contribution in [2.45, 2.75) is 0 Å². The van der Waals surface area contributed by atoms with Gasteiger partial charge in [0.1, 0.15) is 5.82 Å². The normalized spacial score (nSPS) is 9.83. The number of para-hydroxylation sites is 1. The number of hydrogen-bond acceptors (Lipinski definition) is 3. The van der Waals surface area contributed by atoms with Crippen molar-refractivity contribution < 1.29 is 14.0 Å². The number of carbonyl (C=O) groups is 2. The molecule has 0 spiro atoms. The van der Waals surface area contributed by atoms with Crippen LogP contribution in [0.3, 0.4) is 0 Å². The molecule has 2 amide bonds. The molecule has 7 heteroatoms. The van der Waals surface area contributed by atoms with Crippen molar-refractivity contribution in [3.8, 4) is 0 Å². The van der Waals surface area contributed by atoms with Crippen LogP contribution in [0.5, 0.6) is 0 Å². The molecule has 0 atom stereocenters. The largest absolute Gasteiger partial charge is 0.355 e. The fourth-order valence-corrected chi connectivity index (χ4v) is 2.06. The standard InChI is InChI=1S/C16H14FN3O2S/c1-18-15(22)12-4-2-3-5-13(12)19-16(23)20-14(21)10-6-8-11(17)9-7-10/h2-9H,1H3,(H,18,22)(H2,19,20,21,23). The molecule has 0 saturated heterocycles. The summed E-state index contributed by atoms with van der Waals surface area (Å²) >= 11 is 5.07. The highest BCUT2D eigenvalue weighted by Gasteiger charge is 2.12. The second kappa shape index (κ2) is 7.46. The summed E-state index contributed by atoms with van der Waals surface area (Å²) in [7, 11) is 1.52. The zero-order valence-corrected chi connectivity index (χ0v) is 13.0. The van der Waals surface area contributed by atoms with E-state index in [2.05, 4.69) is 16.0 Å². The van der Waals surface area contributed by atoms with Gasteiger partial charge in [-0.05, 0) is 48.6 Å². The molecule has 0 fully saturated rings. The molecule has 118 valence electrons. The number of halogens is 1. The molecule has 0 aliphatic rings. The maximum absolute atomic E-state index is 12.8. The van der Waals surface area contributed by atoms with Crippen LogP contribution in [0.2, 0.25) is 0 Å². The second-order valence-corrected chi connectivity index (χ2v) is 4.95. The number of hydrogen-bond donors (Lipinski definition) is 3. The molecule has 0 saturated carbocycles. The van der Waals surface area contributed by atoms with E-state index in [1.807, 2.05) is 0 Å². The van der Waals surface area contributed by atoms with E-state index >= 15 is 0 Å². The minimum Gasteiger partial charge on any atom is -0.355 e. The summed E-state index contributed by atoms with van der Waals surface area (Å²) in [5.74, 6) is -1.18. The molecule has 2 aromatic carbocycles. The van der Waals surface area contributed by atoms with Crippen molar-refractivity contribution in [2.75, 3.05) is 12.4 Å². The molecule has 5 nitrogen and oxygen atoms in total. The van der Waals surface area contributed by atoms with Crippen LogP contribution in [-0.2, 0) is 0 Å². The Hall–Kier alpha value is -2.80. The van der Waals surface area contributed by atoms with Crippen LogP contribution in [0.4, 0.5) is 10.1 Å². The lowest BCUT2D eigenvalue weighted by molar-refractivity contribution is 0.0961. The molecule has 2 aromatic rings. The molecule has 0 heterocycles. The fourth-order valence-electron chi connectivity index (χ4n) is 1.85. The zero-order chi connectivity index (χ0) is 16.8. The molecule has 0 bridgehead atoms. The summed E-state index contributed by atoms with van der Waals surface area (Å²) in [5, 5.41) is 7.84. The van der Waals surface area contributed by atoms with Crippen LogP contribution >= 0.6 is 12.2 Å². The number of amides is 2. The summed E-state index contributed by atoms with van der Waals surface area (Å²) in [6.45, 7) is 0. The molecule has 0 radical (unpaired) electrons. The minimum atomic E-state index is -0.472. The third-order valence-electron chi connectivity index (χ3n) is 2.98. The first-order valence-corrected chi connectivity index (χ1v) is 7.11. The molecule has 3 N–H and O–H groups in total. The molecule has 23 heavy (non-hydrogen) atoms. The average molecular weight is 331 g/mol. The highest BCUT2D eigenvalue weighted by molar-refractivity contribution is 7.80. The van der Waals surface area contributed by atoms with E-state index in [1.165, 1.54) is 31.3 Å². The van der Waals surface area contributed by atoms with Gasteiger partial charge in [-0.15, -0.1) is 0 Å². The lowest BCUT2D eigenvalue weighted by Gasteiger charge is -2.12. The Balaban J connectivity index is 2.07. The van der Waals surface area contributed by atoms with E-state index < -0.39 is 11.7 Å². The maximum Gasteiger partial charge on any atom is 0.257 e. The molecule has 2 rings (SSSR count). The van der Waals surface area contributed by atoms with Gasteiger partial charge in [0.2, 0.25) is 0 Å². The van der Waals surface area contributed by atoms with Gasteiger partial charge < -0.3 is 10.6 Å². The SMILES string of the molecule is CNC(=O)c1ccccc1NC(=S)NC(=O)c1ccc(F)cc1. The first-order valence-electron chi connectivity index (χ1n) is 6.70. The topological polar surface area (TPSA) is 70.2 Å². The zero-order valence-electron chi connectivity index (χ0n) is 12.2. The maximum atomic E-state index is 12.8. The molecular formula is C16H14FN3O2S. The molecule has 0 aliphatic carbocycles. The van der Waals surface area contributed by atoms with Crippen molar-refractivity contribution >= 4 is 34.8 Å². The minimum absolute atomic E-state index is 0.0377. The predicted molar refractivity (Wildman–Crippen MR) is 89.9 cm³/mol. The highest BCUT2D eigenvalue weighted by atomic mass is 32.1. The number of thiocarbonyl (C=S) groups is 1. The fraction of sp³-hybridized carbons (Fsp3) is 0.0625. The average Bonchev–Trinajstić information content (AvgIpc) is 2.55. The predicted octanol–water partition coefficient (Wildman–Crippen LogP) is 2.31. The summed E-state index contributed by atoms with van der Waals surface area (Å²) in [6.07, 6.45) is 0. The van der Waals surface area contributed by atoms with Crippen LogP contribution in [0.15, 0.2) is 48.5 Å². The Morgan fingerprint density at radius 3 is 2.30 bits per heavy atom. The van der Waals surface area contributed by atoms with Crippen molar-refractivity contribution in [1.82, 2.24) is 10.6 Å². The number of benzene rings is 2. The lowest BCUT2D eigenvalue weighted by Crippen LogP contribution is -2.34. The number of anilines is 1. The van der Waals surface area contributed by atoms with Crippen molar-refractivity contribution in [1.29, 1.82) is 0 Å². The van der Waals surface area contributed by atoms with E-state index in [1.54, 1.807) is 24.3 Å². The molecule has 0 aliphatic heterocycles. The lowest BCUT2D eigenvalue weighted by atomic mass is 10.1. The first-order chi connectivity index (χ1) is 11.0. The van der Waals surface area contributed by atoms with E-state index in [0.717, 1.165) is 0 Å². The quantitative estimate of drug-likeness (QED) is 0.755. The van der Waals surface area contributed by atoms with Crippen LogP contribution in [0.25, 0.3) is 0 Å². The van der Waals surface area contributed by atoms with Crippen LogP contribution in [-0.4, -0.2) is 24.0 Å². The van der Waals surface area contributed by atoms with E-state index in [9.17, 15) is 14.0 Å². The molecular weight excluding hydrogens is 317 g/mol. The summed E-state index contributed by atoms with van der Waals surface area (Å²) in [5.41, 5.74) is 1.14. The van der Waals surface area contributed by atoms with Crippen molar-refractivity contribution in [3.05, 3.63) is 65.5 Å². The number of carbonyl (C=O) groups excluding carboxylic acids is 2. The number of nitrogens with one attached hydrogen (secondary N) is 3. The highest BCUT2D eigenvalue weighted by Crippen LogP contribution is 2.14.